The van der Waals surface area contributed by atoms with Crippen LogP contribution in [0.25, 0.3) is 21.5 Å². The fraction of sp³-hybridized carbons (Fsp3) is 0.214. The summed E-state index contributed by atoms with van der Waals surface area (Å²) in [6.45, 7) is 2.49. The molecule has 2 heteroatoms. The van der Waals surface area contributed by atoms with Crippen LogP contribution in [0.15, 0.2) is 30.3 Å². The van der Waals surface area contributed by atoms with E-state index in [2.05, 4.69) is 6.07 Å². The Morgan fingerprint density at radius 3 is 2.31 bits per heavy atom. The number of rotatable bonds is 3. The van der Waals surface area contributed by atoms with E-state index in [9.17, 15) is 4.79 Å². The molecule has 0 N–H and O–H groups in total. The van der Waals surface area contributed by atoms with E-state index >= 15 is 0 Å². The van der Waals surface area contributed by atoms with Gasteiger partial charge in [0.1, 0.15) is 0 Å². The van der Waals surface area contributed by atoms with Gasteiger partial charge in [-0.3, -0.25) is 0 Å². The van der Waals surface area contributed by atoms with E-state index in [-0.39, 0.29) is 5.97 Å². The number of ether oxygens (including phenoxy) is 1. The molecule has 16 heavy (non-hydrogen) atoms. The Labute approximate surface area is 93.5 Å². The number of esters is 1. The molecule has 0 saturated carbocycles. The topological polar surface area (TPSA) is 26.3 Å². The van der Waals surface area contributed by atoms with Crippen LogP contribution >= 0.6 is 0 Å². The van der Waals surface area contributed by atoms with Gasteiger partial charge in [0.05, 0.1) is 12.2 Å². The van der Waals surface area contributed by atoms with E-state index in [1.807, 2.05) is 31.2 Å². The minimum Gasteiger partial charge on any atom is -0.462 e. The van der Waals surface area contributed by atoms with Crippen LogP contribution in [0.5, 0.6) is 0 Å². The normalized spacial score (nSPS) is 11.6. The quantitative estimate of drug-likeness (QED) is 0.622. The molecule has 0 atom stereocenters. The Bertz CT molecular complexity index is 583. The first-order valence-electron chi connectivity index (χ1n) is 5.55. The summed E-state index contributed by atoms with van der Waals surface area (Å²) in [4.78, 5) is 11.9. The van der Waals surface area contributed by atoms with Gasteiger partial charge in [0.25, 0.3) is 0 Å². The van der Waals surface area contributed by atoms with E-state index in [4.69, 9.17) is 4.74 Å². The van der Waals surface area contributed by atoms with E-state index in [1.165, 1.54) is 0 Å². The summed E-state index contributed by atoms with van der Waals surface area (Å²) in [7, 11) is 0. The zero-order valence-corrected chi connectivity index (χ0v) is 9.12. The fourth-order valence-corrected chi connectivity index (χ4v) is 2.22. The highest BCUT2D eigenvalue weighted by Gasteiger charge is 2.18. The molecule has 5 rings (SSSR count). The predicted octanol–water partition coefficient (Wildman–Crippen LogP) is 3.44. The molecular weight excluding hydrogens is 200 g/mol. The summed E-state index contributed by atoms with van der Waals surface area (Å²) in [5, 5.41) is 4.26. The molecule has 0 fully saturated rings. The Morgan fingerprint density at radius 1 is 1.12 bits per heavy atom. The van der Waals surface area contributed by atoms with E-state index < -0.39 is 0 Å². The van der Waals surface area contributed by atoms with Gasteiger partial charge in [-0.2, -0.15) is 0 Å². The molecule has 0 spiro atoms. The van der Waals surface area contributed by atoms with Crippen LogP contribution in [0.4, 0.5) is 0 Å². The maximum Gasteiger partial charge on any atom is 0.339 e. The number of carbonyl (C=O) groups excluding carboxylic acids is 1. The zero-order valence-electron chi connectivity index (χ0n) is 9.12. The molecule has 0 unspecified atom stereocenters. The summed E-state index contributed by atoms with van der Waals surface area (Å²) in [6, 6.07) is 10.2. The molecule has 0 aliphatic rings. The third-order valence-corrected chi connectivity index (χ3v) is 2.97. The van der Waals surface area contributed by atoms with Crippen molar-refractivity contribution in [1.82, 2.24) is 0 Å². The smallest absolute Gasteiger partial charge is 0.339 e. The Hall–Kier alpha value is -1.83. The zero-order chi connectivity index (χ0) is 11.1. The second-order valence-electron chi connectivity index (χ2n) is 4.06. The van der Waals surface area contributed by atoms with Gasteiger partial charge < -0.3 is 4.74 Å². The van der Waals surface area contributed by atoms with Gasteiger partial charge in [-0.05, 0) is 34.0 Å². The third kappa shape index (κ3) is 1.16. The maximum atomic E-state index is 11.9. The second-order valence-corrected chi connectivity index (χ2v) is 4.06. The highest BCUT2D eigenvalue weighted by atomic mass is 16.5. The molecule has 2 nitrogen and oxygen atoms in total. The Morgan fingerprint density at radius 2 is 1.75 bits per heavy atom. The monoisotopic (exact) mass is 212 g/mol. The first-order valence-corrected chi connectivity index (χ1v) is 5.55. The minimum absolute atomic E-state index is 0.191. The number of hydrogen-bond acceptors (Lipinski definition) is 2. The van der Waals surface area contributed by atoms with Crippen molar-refractivity contribution in [2.24, 2.45) is 0 Å². The Kier molecular flexibility index (Phi) is 1.96. The first-order chi connectivity index (χ1) is 7.81. The number of hydrogen-bond donors (Lipinski definition) is 0. The predicted molar refractivity (Wildman–Crippen MR) is 64.4 cm³/mol. The van der Waals surface area contributed by atoms with Gasteiger partial charge in [0, 0.05) is 0 Å². The molecule has 0 aliphatic carbocycles. The highest BCUT2D eigenvalue weighted by Crippen LogP contribution is 2.33. The van der Waals surface area contributed by atoms with Gasteiger partial charge in [0.2, 0.25) is 0 Å². The third-order valence-electron chi connectivity index (χ3n) is 2.97. The van der Waals surface area contributed by atoms with Crippen LogP contribution in [0.2, 0.25) is 0 Å². The lowest BCUT2D eigenvalue weighted by molar-refractivity contribution is 0.0509. The molecular formula is C14H12O2. The number of carbonyl (C=O) groups is 1. The molecule has 0 radical (unpaired) electrons. The highest BCUT2D eigenvalue weighted by molar-refractivity contribution is 6.19. The Balaban J connectivity index is 2.14. The van der Waals surface area contributed by atoms with Gasteiger partial charge in [0.15, 0.2) is 0 Å². The molecule has 0 aliphatic heterocycles. The summed E-state index contributed by atoms with van der Waals surface area (Å²) >= 11 is 0. The molecule has 0 amide bonds. The lowest BCUT2D eigenvalue weighted by Gasteiger charge is -2.14. The molecule has 5 aromatic carbocycles. The lowest BCUT2D eigenvalue weighted by Crippen LogP contribution is -2.08. The molecule has 5 aromatic rings. The average molecular weight is 212 g/mol. The SMILES string of the molecule is CCCOC(=O)c1c2ccc3cc2ccc13. The molecule has 80 valence electrons. The van der Waals surface area contributed by atoms with Gasteiger partial charge in [-0.25, -0.2) is 4.79 Å². The first kappa shape index (κ1) is 9.40. The molecule has 0 saturated heterocycles. The van der Waals surface area contributed by atoms with Crippen molar-refractivity contribution in [3.63, 3.8) is 0 Å². The van der Waals surface area contributed by atoms with Crippen LogP contribution < -0.4 is 0 Å². The maximum absolute atomic E-state index is 11.9. The van der Waals surface area contributed by atoms with Crippen molar-refractivity contribution < 1.29 is 9.53 Å². The molecule has 4 bridgehead atoms. The summed E-state index contributed by atoms with van der Waals surface area (Å²) in [5.74, 6) is -0.191. The van der Waals surface area contributed by atoms with E-state index in [0.717, 1.165) is 33.5 Å². The number of fused-ring (bicyclic) bond motifs is 2. The van der Waals surface area contributed by atoms with Crippen molar-refractivity contribution in [2.75, 3.05) is 6.61 Å². The standard InChI is InChI=1S/C14H12O2/c1-2-7-16-14(15)13-11-5-3-9-8-10(11)4-6-12(9)13/h3-6,8H,2,7H2,1H3. The molecule has 0 aromatic heterocycles. The van der Waals surface area contributed by atoms with Crippen molar-refractivity contribution in [2.45, 2.75) is 13.3 Å². The summed E-state index contributed by atoms with van der Waals surface area (Å²) in [5.41, 5.74) is 0.742. The van der Waals surface area contributed by atoms with Crippen LogP contribution in [-0.2, 0) is 4.74 Å². The fourth-order valence-electron chi connectivity index (χ4n) is 2.22. The van der Waals surface area contributed by atoms with Crippen LogP contribution in [0.3, 0.4) is 0 Å². The molecule has 0 heterocycles. The average Bonchev–Trinajstić information content (AvgIpc) is 2.35. The van der Waals surface area contributed by atoms with Crippen molar-refractivity contribution in [3.8, 4) is 0 Å². The van der Waals surface area contributed by atoms with E-state index in [0.29, 0.717) is 6.61 Å². The van der Waals surface area contributed by atoms with Crippen molar-refractivity contribution in [3.05, 3.63) is 35.9 Å². The number of benzene rings is 5. The van der Waals surface area contributed by atoms with Crippen LogP contribution in [0.1, 0.15) is 23.7 Å². The van der Waals surface area contributed by atoms with Crippen molar-refractivity contribution in [1.29, 1.82) is 0 Å². The van der Waals surface area contributed by atoms with Gasteiger partial charge in [-0.15, -0.1) is 0 Å². The van der Waals surface area contributed by atoms with Gasteiger partial charge in [-0.1, -0.05) is 31.2 Å². The lowest BCUT2D eigenvalue weighted by atomic mass is 9.92. The van der Waals surface area contributed by atoms with Gasteiger partial charge >= 0.3 is 5.97 Å². The van der Waals surface area contributed by atoms with Crippen LogP contribution in [0, 0.1) is 0 Å². The van der Waals surface area contributed by atoms with E-state index in [1.54, 1.807) is 0 Å². The minimum atomic E-state index is -0.191. The largest absolute Gasteiger partial charge is 0.462 e. The second kappa shape index (κ2) is 3.34. The van der Waals surface area contributed by atoms with Crippen molar-refractivity contribution >= 4 is 27.5 Å². The summed E-state index contributed by atoms with van der Waals surface area (Å²) in [6.07, 6.45) is 0.856. The summed E-state index contributed by atoms with van der Waals surface area (Å²) < 4.78 is 5.21. The van der Waals surface area contributed by atoms with Crippen LogP contribution in [-0.4, -0.2) is 12.6 Å².